The number of aromatic nitrogens is 6. The number of aliphatic hydroxyl groups excluding tert-OH is 1. The molecule has 1 aliphatic heterocycles. The number of fused-ring (bicyclic) bond motifs is 1. The number of ether oxygens (including phenoxy) is 1. The van der Waals surface area contributed by atoms with Gasteiger partial charge in [0, 0.05) is 49.2 Å². The second-order valence-electron chi connectivity index (χ2n) is 9.43. The van der Waals surface area contributed by atoms with Crippen LogP contribution in [0.2, 0.25) is 0 Å². The van der Waals surface area contributed by atoms with Crippen molar-refractivity contribution in [1.82, 2.24) is 33.8 Å². The summed E-state index contributed by atoms with van der Waals surface area (Å²) in [5, 5.41) is 21.6. The molecule has 0 spiro atoms. The normalized spacial score (nSPS) is 17.9. The van der Waals surface area contributed by atoms with E-state index >= 15 is 0 Å². The fourth-order valence-electron chi connectivity index (χ4n) is 4.97. The van der Waals surface area contributed by atoms with Crippen LogP contribution in [0.15, 0.2) is 30.9 Å². The lowest BCUT2D eigenvalue weighted by atomic mass is 9.88. The highest BCUT2D eigenvalue weighted by Gasteiger charge is 2.37. The number of aliphatic hydroxyl groups is 1. The van der Waals surface area contributed by atoms with Crippen LogP contribution in [-0.4, -0.2) is 70.9 Å². The molecule has 35 heavy (non-hydrogen) atoms. The number of hydrogen-bond donors (Lipinski definition) is 3. The lowest BCUT2D eigenvalue weighted by molar-refractivity contribution is -0.0587. The van der Waals surface area contributed by atoms with Crippen LogP contribution in [0.4, 0.5) is 10.8 Å². The summed E-state index contributed by atoms with van der Waals surface area (Å²) in [6.07, 6.45) is 11.7. The molecule has 1 saturated heterocycles. The first-order valence-corrected chi connectivity index (χ1v) is 13.0. The maximum Gasteiger partial charge on any atom is 0.180 e. The molecule has 4 aromatic rings. The van der Waals surface area contributed by atoms with Crippen LogP contribution in [0.25, 0.3) is 16.9 Å². The molecule has 3 N–H and O–H groups in total. The number of likely N-dealkylation sites (N-methyl/N-ethyl adjacent to an activating group) is 1. The molecule has 5 heterocycles. The Morgan fingerprint density at radius 1 is 1.31 bits per heavy atom. The quantitative estimate of drug-likeness (QED) is 0.323. The highest BCUT2D eigenvalue weighted by atomic mass is 32.1. The molecular formula is C24H30N8O2S. The molecule has 0 atom stereocenters. The van der Waals surface area contributed by atoms with Gasteiger partial charge in [0.2, 0.25) is 0 Å². The molecule has 11 heteroatoms. The standard InChI is InChI=1S/C24H30N8O2S/c1-2-31(24(15-33)5-7-34-8-6-24)13-18-9-21(35-30-18)29-22-23-25-12-20(17-10-26-27-11-17)32(23)14-19(28-22)16-3-4-16/h9-12,14,16,33H,2-8,13,15H2,1H3,(H,26,27)(H,28,29). The van der Waals surface area contributed by atoms with Crippen LogP contribution in [0.1, 0.15) is 49.9 Å². The van der Waals surface area contributed by atoms with E-state index in [0.29, 0.717) is 25.7 Å². The SMILES string of the molecule is CCN(Cc1cc(Nc2nc(C3CC3)cn3c(-c4cn[nH]c4)cnc23)sn1)C1(CO)CCOCC1. The molecular weight excluding hydrogens is 464 g/mol. The average molecular weight is 495 g/mol. The number of H-pyrrole nitrogens is 1. The zero-order valence-electron chi connectivity index (χ0n) is 19.8. The minimum atomic E-state index is -0.240. The third kappa shape index (κ3) is 4.33. The Morgan fingerprint density at radius 3 is 2.89 bits per heavy atom. The highest BCUT2D eigenvalue weighted by molar-refractivity contribution is 7.10. The molecule has 0 aromatic carbocycles. The zero-order chi connectivity index (χ0) is 23.8. The van der Waals surface area contributed by atoms with Crippen LogP contribution in [0.5, 0.6) is 0 Å². The van der Waals surface area contributed by atoms with Gasteiger partial charge in [0.25, 0.3) is 0 Å². The number of hydrogen-bond acceptors (Lipinski definition) is 9. The highest BCUT2D eigenvalue weighted by Crippen LogP contribution is 2.40. The smallest absolute Gasteiger partial charge is 0.180 e. The predicted molar refractivity (Wildman–Crippen MR) is 134 cm³/mol. The molecule has 0 amide bonds. The first kappa shape index (κ1) is 22.6. The van der Waals surface area contributed by atoms with Gasteiger partial charge in [-0.3, -0.25) is 14.4 Å². The van der Waals surface area contributed by atoms with Crippen molar-refractivity contribution in [2.24, 2.45) is 0 Å². The number of aromatic amines is 1. The van der Waals surface area contributed by atoms with Crippen LogP contribution in [-0.2, 0) is 11.3 Å². The van der Waals surface area contributed by atoms with Crippen molar-refractivity contribution < 1.29 is 9.84 Å². The minimum absolute atomic E-state index is 0.133. The summed E-state index contributed by atoms with van der Waals surface area (Å²) in [6.45, 7) is 5.17. The summed E-state index contributed by atoms with van der Waals surface area (Å²) in [5.41, 5.74) is 4.56. The molecule has 10 nitrogen and oxygen atoms in total. The van der Waals surface area contributed by atoms with E-state index in [0.717, 1.165) is 58.5 Å². The maximum atomic E-state index is 10.2. The van der Waals surface area contributed by atoms with E-state index in [1.807, 2.05) is 12.4 Å². The summed E-state index contributed by atoms with van der Waals surface area (Å²) in [6, 6.07) is 2.08. The Kier molecular flexibility index (Phi) is 6.01. The second-order valence-corrected chi connectivity index (χ2v) is 10.2. The van der Waals surface area contributed by atoms with Crippen LogP contribution in [0.3, 0.4) is 0 Å². The lowest BCUT2D eigenvalue weighted by Gasteiger charge is -2.44. The van der Waals surface area contributed by atoms with Crippen molar-refractivity contribution in [2.45, 2.75) is 50.6 Å². The Morgan fingerprint density at radius 2 is 2.17 bits per heavy atom. The van der Waals surface area contributed by atoms with Gasteiger partial charge in [-0.05, 0) is 49.8 Å². The monoisotopic (exact) mass is 494 g/mol. The van der Waals surface area contributed by atoms with Gasteiger partial charge in [0.1, 0.15) is 5.00 Å². The van der Waals surface area contributed by atoms with Gasteiger partial charge >= 0.3 is 0 Å². The van der Waals surface area contributed by atoms with E-state index in [4.69, 9.17) is 14.1 Å². The fourth-order valence-corrected chi connectivity index (χ4v) is 5.63. The van der Waals surface area contributed by atoms with E-state index < -0.39 is 0 Å². The van der Waals surface area contributed by atoms with E-state index in [1.165, 1.54) is 24.4 Å². The number of nitrogens with one attached hydrogen (secondary N) is 2. The van der Waals surface area contributed by atoms with Gasteiger partial charge in [0.15, 0.2) is 11.5 Å². The van der Waals surface area contributed by atoms with E-state index in [9.17, 15) is 5.11 Å². The molecule has 1 saturated carbocycles. The first-order chi connectivity index (χ1) is 17.2. The number of anilines is 2. The molecule has 0 radical (unpaired) electrons. The van der Waals surface area contributed by atoms with Crippen molar-refractivity contribution >= 4 is 28.0 Å². The summed E-state index contributed by atoms with van der Waals surface area (Å²) in [7, 11) is 0. The van der Waals surface area contributed by atoms with Gasteiger partial charge in [-0.1, -0.05) is 6.92 Å². The third-order valence-electron chi connectivity index (χ3n) is 7.22. The molecule has 0 bridgehead atoms. The molecule has 2 aliphatic rings. The van der Waals surface area contributed by atoms with Gasteiger partial charge < -0.3 is 15.2 Å². The number of nitrogens with zero attached hydrogens (tertiary/aromatic N) is 6. The van der Waals surface area contributed by atoms with Crippen LogP contribution in [0, 0.1) is 0 Å². The molecule has 184 valence electrons. The van der Waals surface area contributed by atoms with Crippen molar-refractivity contribution in [3.05, 3.63) is 42.2 Å². The molecule has 0 unspecified atom stereocenters. The predicted octanol–water partition coefficient (Wildman–Crippen LogP) is 3.56. The maximum absolute atomic E-state index is 10.2. The van der Waals surface area contributed by atoms with Crippen molar-refractivity contribution in [1.29, 1.82) is 0 Å². The largest absolute Gasteiger partial charge is 0.394 e. The summed E-state index contributed by atoms with van der Waals surface area (Å²) in [4.78, 5) is 12.0. The Labute approximate surface area is 207 Å². The summed E-state index contributed by atoms with van der Waals surface area (Å²) < 4.78 is 12.4. The Hall–Kier alpha value is -2.86. The van der Waals surface area contributed by atoms with Gasteiger partial charge in [0.05, 0.1) is 36.1 Å². The minimum Gasteiger partial charge on any atom is -0.394 e. The summed E-state index contributed by atoms with van der Waals surface area (Å²) >= 11 is 1.43. The van der Waals surface area contributed by atoms with Gasteiger partial charge in [-0.15, -0.1) is 0 Å². The molecule has 6 rings (SSSR count). The first-order valence-electron chi connectivity index (χ1n) is 12.2. The van der Waals surface area contributed by atoms with E-state index in [1.54, 1.807) is 6.20 Å². The number of rotatable bonds is 9. The average Bonchev–Trinajstić information content (AvgIpc) is 3.23. The lowest BCUT2D eigenvalue weighted by Crippen LogP contribution is -2.54. The van der Waals surface area contributed by atoms with E-state index in [-0.39, 0.29) is 12.1 Å². The third-order valence-corrected chi connectivity index (χ3v) is 7.97. The molecule has 1 aliphatic carbocycles. The second kappa shape index (κ2) is 9.30. The van der Waals surface area contributed by atoms with Crippen molar-refractivity contribution in [3.8, 4) is 11.3 Å². The van der Waals surface area contributed by atoms with Gasteiger partial charge in [-0.25, -0.2) is 9.97 Å². The molecule has 4 aromatic heterocycles. The van der Waals surface area contributed by atoms with Crippen molar-refractivity contribution in [3.63, 3.8) is 0 Å². The molecule has 2 fully saturated rings. The zero-order valence-corrected chi connectivity index (χ0v) is 20.6. The van der Waals surface area contributed by atoms with Crippen molar-refractivity contribution in [2.75, 3.05) is 31.7 Å². The Bertz CT molecular complexity index is 1290. The van der Waals surface area contributed by atoms with Crippen LogP contribution >= 0.6 is 11.5 Å². The fraction of sp³-hybridized carbons (Fsp3) is 0.500. The number of imidazole rings is 1. The topological polar surface area (TPSA) is 116 Å². The Balaban J connectivity index is 1.27. The van der Waals surface area contributed by atoms with Crippen LogP contribution < -0.4 is 5.32 Å². The van der Waals surface area contributed by atoms with Gasteiger partial charge in [-0.2, -0.15) is 9.47 Å². The summed E-state index contributed by atoms with van der Waals surface area (Å²) in [5.74, 6) is 1.24. The van der Waals surface area contributed by atoms with E-state index in [2.05, 4.69) is 49.0 Å².